The fraction of sp³-hybridized carbons (Fsp3) is 0.227. The predicted octanol–water partition coefficient (Wildman–Crippen LogP) is 4.67. The number of ether oxygens (including phenoxy) is 1. The van der Waals surface area contributed by atoms with Crippen molar-refractivity contribution in [3.63, 3.8) is 0 Å². The Labute approximate surface area is 164 Å². The highest BCUT2D eigenvalue weighted by molar-refractivity contribution is 5.92. The number of methoxy groups -OCH3 is 1. The molecule has 1 heterocycles. The Morgan fingerprint density at radius 3 is 2.82 bits per heavy atom. The fourth-order valence-corrected chi connectivity index (χ4v) is 2.77. The molecule has 2 aromatic carbocycles. The molecule has 0 radical (unpaired) electrons. The summed E-state index contributed by atoms with van der Waals surface area (Å²) < 4.78 is 5.36. The van der Waals surface area contributed by atoms with Gasteiger partial charge in [0.05, 0.1) is 23.9 Å². The Balaban J connectivity index is 1.40. The Kier molecular flexibility index (Phi) is 6.95. The summed E-state index contributed by atoms with van der Waals surface area (Å²) in [6, 6.07) is 16.7. The van der Waals surface area contributed by atoms with E-state index in [9.17, 15) is 4.79 Å². The molecule has 0 atom stereocenters. The number of aromatic nitrogens is 1. The minimum atomic E-state index is -0.448. The topological polar surface area (TPSA) is 72.8 Å². The summed E-state index contributed by atoms with van der Waals surface area (Å²) in [5.41, 5.74) is 2.38. The van der Waals surface area contributed by atoms with Crippen molar-refractivity contribution in [3.8, 4) is 5.75 Å². The van der Waals surface area contributed by atoms with Gasteiger partial charge < -0.3 is 14.9 Å². The van der Waals surface area contributed by atoms with Crippen LogP contribution >= 0.6 is 0 Å². The van der Waals surface area contributed by atoms with Gasteiger partial charge >= 0.3 is 5.97 Å². The summed E-state index contributed by atoms with van der Waals surface area (Å²) in [5, 5.41) is 8.20. The Morgan fingerprint density at radius 2 is 2.00 bits per heavy atom. The summed E-state index contributed by atoms with van der Waals surface area (Å²) >= 11 is 0. The van der Waals surface area contributed by atoms with E-state index in [0.29, 0.717) is 5.56 Å². The fourth-order valence-electron chi connectivity index (χ4n) is 2.77. The average Bonchev–Trinajstić information content (AvgIpc) is 2.75. The molecule has 6 heteroatoms. The molecule has 6 nitrogen and oxygen atoms in total. The molecule has 3 rings (SSSR count). The van der Waals surface area contributed by atoms with Crippen LogP contribution in [0.1, 0.15) is 29.6 Å². The van der Waals surface area contributed by atoms with Crippen LogP contribution < -0.4 is 10.1 Å². The minimum Gasteiger partial charge on any atom is -0.497 e. The Morgan fingerprint density at radius 1 is 1.14 bits per heavy atom. The predicted molar refractivity (Wildman–Crippen MR) is 111 cm³/mol. The Bertz CT molecular complexity index is 942. The number of rotatable bonds is 9. The molecule has 0 unspecified atom stereocenters. The molecule has 144 valence electrons. The van der Waals surface area contributed by atoms with Gasteiger partial charge in [-0.2, -0.15) is 0 Å². The maximum absolute atomic E-state index is 11.7. The van der Waals surface area contributed by atoms with Gasteiger partial charge in [-0.3, -0.25) is 4.98 Å². The summed E-state index contributed by atoms with van der Waals surface area (Å²) in [7, 11) is 1.66. The van der Waals surface area contributed by atoms with E-state index in [4.69, 9.17) is 9.57 Å². The second-order valence-electron chi connectivity index (χ2n) is 6.21. The molecule has 1 N–H and O–H groups in total. The normalized spacial score (nSPS) is 10.9. The highest BCUT2D eigenvalue weighted by atomic mass is 16.7. The van der Waals surface area contributed by atoms with Gasteiger partial charge in [-0.05, 0) is 43.5 Å². The number of oxime groups is 1. The number of carbonyl (C=O) groups excluding carboxylic acids is 1. The highest BCUT2D eigenvalue weighted by Gasteiger charge is 2.06. The molecule has 28 heavy (non-hydrogen) atoms. The summed E-state index contributed by atoms with van der Waals surface area (Å²) in [5.74, 6) is 0.353. The van der Waals surface area contributed by atoms with Crippen molar-refractivity contribution in [2.24, 2.45) is 5.16 Å². The molecule has 0 saturated heterocycles. The quantitative estimate of drug-likeness (QED) is 0.254. The van der Waals surface area contributed by atoms with Crippen LogP contribution in [0.4, 0.5) is 5.69 Å². The van der Waals surface area contributed by atoms with Gasteiger partial charge in [-0.1, -0.05) is 29.4 Å². The third kappa shape index (κ3) is 5.30. The van der Waals surface area contributed by atoms with Gasteiger partial charge in [0.25, 0.3) is 0 Å². The second kappa shape index (κ2) is 10.1. The van der Waals surface area contributed by atoms with Crippen LogP contribution in [0, 0.1) is 0 Å². The lowest BCUT2D eigenvalue weighted by atomic mass is 10.1. The maximum atomic E-state index is 11.7. The molecule has 0 amide bonds. The summed E-state index contributed by atoms with van der Waals surface area (Å²) in [4.78, 5) is 21.1. The molecule has 0 bridgehead atoms. The first-order valence-electron chi connectivity index (χ1n) is 9.23. The van der Waals surface area contributed by atoms with Crippen LogP contribution in [0.5, 0.6) is 5.75 Å². The SMILES string of the molecule is COc1cc(NCCCC/C=N/OC(=O)c2ccccc2)c2ncccc2c1. The Hall–Kier alpha value is -3.41. The van der Waals surface area contributed by atoms with Crippen molar-refractivity contribution >= 4 is 28.8 Å². The van der Waals surface area contributed by atoms with E-state index < -0.39 is 5.97 Å². The van der Waals surface area contributed by atoms with E-state index in [2.05, 4.69) is 15.5 Å². The zero-order chi connectivity index (χ0) is 19.6. The van der Waals surface area contributed by atoms with Gasteiger partial charge in [0.15, 0.2) is 0 Å². The van der Waals surface area contributed by atoms with Gasteiger partial charge in [0.1, 0.15) is 5.75 Å². The molecule has 0 aliphatic carbocycles. The number of pyridine rings is 1. The van der Waals surface area contributed by atoms with E-state index in [0.717, 1.165) is 48.1 Å². The third-order valence-corrected chi connectivity index (χ3v) is 4.21. The molecule has 3 aromatic rings. The molecule has 0 aliphatic heterocycles. The van der Waals surface area contributed by atoms with Crippen molar-refractivity contribution < 1.29 is 14.4 Å². The number of hydrogen-bond donors (Lipinski definition) is 1. The molecule has 1 aromatic heterocycles. The number of carbonyl (C=O) groups is 1. The first kappa shape index (κ1) is 19.4. The average molecular weight is 377 g/mol. The van der Waals surface area contributed by atoms with Crippen LogP contribution in [0.25, 0.3) is 10.9 Å². The monoisotopic (exact) mass is 377 g/mol. The van der Waals surface area contributed by atoms with Crippen LogP contribution in [-0.4, -0.2) is 30.8 Å². The first-order valence-corrected chi connectivity index (χ1v) is 9.23. The lowest BCUT2D eigenvalue weighted by Crippen LogP contribution is -2.03. The summed E-state index contributed by atoms with van der Waals surface area (Å²) in [6.07, 6.45) is 6.02. The van der Waals surface area contributed by atoms with Crippen molar-refractivity contribution in [2.75, 3.05) is 19.0 Å². The molecule has 0 saturated carbocycles. The largest absolute Gasteiger partial charge is 0.497 e. The number of nitrogens with one attached hydrogen (secondary N) is 1. The number of fused-ring (bicyclic) bond motifs is 1. The van der Waals surface area contributed by atoms with Crippen molar-refractivity contribution in [1.29, 1.82) is 0 Å². The van der Waals surface area contributed by atoms with Crippen molar-refractivity contribution in [2.45, 2.75) is 19.3 Å². The van der Waals surface area contributed by atoms with Crippen LogP contribution in [0.3, 0.4) is 0 Å². The number of benzene rings is 2. The molecular weight excluding hydrogens is 354 g/mol. The maximum Gasteiger partial charge on any atom is 0.365 e. The number of unbranched alkanes of at least 4 members (excludes halogenated alkanes) is 2. The summed E-state index contributed by atoms with van der Waals surface area (Å²) in [6.45, 7) is 0.802. The third-order valence-electron chi connectivity index (χ3n) is 4.21. The lowest BCUT2D eigenvalue weighted by Gasteiger charge is -2.11. The van der Waals surface area contributed by atoms with E-state index >= 15 is 0 Å². The zero-order valence-corrected chi connectivity index (χ0v) is 15.8. The zero-order valence-electron chi connectivity index (χ0n) is 15.8. The van der Waals surface area contributed by atoms with Gasteiger partial charge in [-0.25, -0.2) is 4.79 Å². The van der Waals surface area contributed by atoms with E-state index in [1.165, 1.54) is 0 Å². The van der Waals surface area contributed by atoms with Gasteiger partial charge in [0, 0.05) is 30.4 Å². The lowest BCUT2D eigenvalue weighted by molar-refractivity contribution is 0.0518. The highest BCUT2D eigenvalue weighted by Crippen LogP contribution is 2.27. The molecule has 0 fully saturated rings. The van der Waals surface area contributed by atoms with Crippen LogP contribution in [0.2, 0.25) is 0 Å². The van der Waals surface area contributed by atoms with Crippen LogP contribution in [0.15, 0.2) is 65.9 Å². The van der Waals surface area contributed by atoms with Gasteiger partial charge in [-0.15, -0.1) is 0 Å². The van der Waals surface area contributed by atoms with Crippen molar-refractivity contribution in [1.82, 2.24) is 4.98 Å². The minimum absolute atomic E-state index is 0.448. The van der Waals surface area contributed by atoms with Gasteiger partial charge in [0.2, 0.25) is 0 Å². The number of anilines is 1. The molecule has 0 aliphatic rings. The van der Waals surface area contributed by atoms with E-state index in [1.807, 2.05) is 30.3 Å². The second-order valence-corrected chi connectivity index (χ2v) is 6.21. The van der Waals surface area contributed by atoms with E-state index in [1.54, 1.807) is 43.8 Å². The van der Waals surface area contributed by atoms with Crippen LogP contribution in [-0.2, 0) is 4.84 Å². The molecule has 0 spiro atoms. The molecular formula is C22H23N3O3. The van der Waals surface area contributed by atoms with E-state index in [-0.39, 0.29) is 0 Å². The smallest absolute Gasteiger partial charge is 0.365 e. The number of nitrogens with zero attached hydrogens (tertiary/aromatic N) is 2. The first-order chi connectivity index (χ1) is 13.8. The number of hydrogen-bond acceptors (Lipinski definition) is 6. The van der Waals surface area contributed by atoms with Crippen molar-refractivity contribution in [3.05, 3.63) is 66.4 Å². The standard InChI is InChI=1S/C22H23N3O3/c1-27-19-15-18-11-8-13-24-21(18)20(16-19)23-12-6-3-7-14-25-28-22(26)17-9-4-2-5-10-17/h2,4-5,8-11,13-16,23H,3,6-7,12H2,1H3/b25-14+.